The number of methoxy groups -OCH3 is 1. The lowest BCUT2D eigenvalue weighted by molar-refractivity contribution is -0.127. The molecule has 1 atom stereocenters. The van der Waals surface area contributed by atoms with Gasteiger partial charge in [-0.2, -0.15) is 10.2 Å². The third-order valence-electron chi connectivity index (χ3n) is 6.23. The number of amides is 2. The summed E-state index contributed by atoms with van der Waals surface area (Å²) in [5, 5.41) is 16.1. The fraction of sp³-hybridized carbons (Fsp3) is 0.129. The van der Waals surface area contributed by atoms with E-state index in [-0.39, 0.29) is 24.8 Å². The van der Waals surface area contributed by atoms with Gasteiger partial charge >= 0.3 is 0 Å². The van der Waals surface area contributed by atoms with Crippen molar-refractivity contribution >= 4 is 40.6 Å². The Bertz CT molecular complexity index is 1580. The lowest BCUT2D eigenvalue weighted by atomic mass is 10.1. The molecular formula is C31H28N6O3S. The fourth-order valence-electron chi connectivity index (χ4n) is 4.22. The first-order chi connectivity index (χ1) is 20.1. The quantitative estimate of drug-likeness (QED) is 0.158. The molecule has 41 heavy (non-hydrogen) atoms. The summed E-state index contributed by atoms with van der Waals surface area (Å²) < 4.78 is 7.08. The SMILES string of the molecule is C=CCN1C(=O)C(CC(=O)Nc2ccccc2)S/C1=N\N=C\c1cn(-c2ccccc2)nc1-c1ccc(OC)cc1. The number of carbonyl (C=O) groups is 2. The average molecular weight is 565 g/mol. The Morgan fingerprint density at radius 1 is 1.07 bits per heavy atom. The molecule has 0 saturated carbocycles. The van der Waals surface area contributed by atoms with E-state index < -0.39 is 5.25 Å². The molecule has 5 rings (SSSR count). The second kappa shape index (κ2) is 12.9. The van der Waals surface area contributed by atoms with Crippen LogP contribution in [0.4, 0.5) is 5.69 Å². The molecule has 9 nitrogen and oxygen atoms in total. The molecule has 1 saturated heterocycles. The molecule has 1 aromatic heterocycles. The van der Waals surface area contributed by atoms with Crippen molar-refractivity contribution < 1.29 is 14.3 Å². The van der Waals surface area contributed by atoms with Crippen molar-refractivity contribution in [1.29, 1.82) is 0 Å². The second-order valence-corrected chi connectivity index (χ2v) is 10.2. The number of anilines is 1. The number of amidine groups is 1. The fourth-order valence-corrected chi connectivity index (χ4v) is 5.33. The van der Waals surface area contributed by atoms with Gasteiger partial charge in [0.1, 0.15) is 16.7 Å². The minimum atomic E-state index is -0.608. The summed E-state index contributed by atoms with van der Waals surface area (Å²) in [6.07, 6.45) is 5.13. The van der Waals surface area contributed by atoms with Crippen molar-refractivity contribution in [3.05, 3.63) is 109 Å². The van der Waals surface area contributed by atoms with Crippen LogP contribution in [0.5, 0.6) is 5.75 Å². The van der Waals surface area contributed by atoms with Gasteiger partial charge in [-0.15, -0.1) is 11.7 Å². The zero-order valence-corrected chi connectivity index (χ0v) is 23.2. The van der Waals surface area contributed by atoms with Crippen LogP contribution in [0.1, 0.15) is 12.0 Å². The molecule has 0 spiro atoms. The van der Waals surface area contributed by atoms with Crippen LogP contribution in [0.25, 0.3) is 16.9 Å². The van der Waals surface area contributed by atoms with Gasteiger partial charge in [0.2, 0.25) is 11.8 Å². The Hall–Kier alpha value is -4.96. The minimum absolute atomic E-state index is 0.0141. The van der Waals surface area contributed by atoms with Crippen molar-refractivity contribution in [3.8, 4) is 22.7 Å². The van der Waals surface area contributed by atoms with E-state index in [9.17, 15) is 9.59 Å². The van der Waals surface area contributed by atoms with Crippen LogP contribution in [0.15, 0.2) is 114 Å². The van der Waals surface area contributed by atoms with E-state index in [1.165, 1.54) is 16.7 Å². The van der Waals surface area contributed by atoms with Gasteiger partial charge in [0.05, 0.1) is 19.0 Å². The number of thioether (sulfide) groups is 1. The zero-order valence-electron chi connectivity index (χ0n) is 22.4. The number of hydrogen-bond donors (Lipinski definition) is 1. The molecule has 0 aliphatic carbocycles. The molecule has 1 N–H and O–H groups in total. The highest BCUT2D eigenvalue weighted by Crippen LogP contribution is 2.30. The largest absolute Gasteiger partial charge is 0.497 e. The molecule has 1 unspecified atom stereocenters. The predicted octanol–water partition coefficient (Wildman–Crippen LogP) is 5.40. The normalized spacial score (nSPS) is 15.9. The number of para-hydroxylation sites is 2. The van der Waals surface area contributed by atoms with Gasteiger partial charge in [0.25, 0.3) is 0 Å². The van der Waals surface area contributed by atoms with Crippen molar-refractivity contribution in [2.45, 2.75) is 11.7 Å². The smallest absolute Gasteiger partial charge is 0.243 e. The second-order valence-electron chi connectivity index (χ2n) is 9.03. The van der Waals surface area contributed by atoms with Crippen LogP contribution in [-0.4, -0.2) is 56.8 Å². The molecule has 4 aromatic rings. The third kappa shape index (κ3) is 6.62. The molecule has 1 aliphatic rings. The number of aromatic nitrogens is 2. The van der Waals surface area contributed by atoms with E-state index in [0.717, 1.165) is 22.6 Å². The van der Waals surface area contributed by atoms with Gasteiger partial charge in [-0.1, -0.05) is 54.2 Å². The van der Waals surface area contributed by atoms with Crippen LogP contribution in [0.3, 0.4) is 0 Å². The van der Waals surface area contributed by atoms with Gasteiger partial charge in [-0.25, -0.2) is 4.68 Å². The van der Waals surface area contributed by atoms with Crippen molar-refractivity contribution in [2.24, 2.45) is 10.2 Å². The summed E-state index contributed by atoms with van der Waals surface area (Å²) in [6.45, 7) is 4.02. The summed E-state index contributed by atoms with van der Waals surface area (Å²) in [5.74, 6) is 0.292. The number of benzene rings is 3. The van der Waals surface area contributed by atoms with Gasteiger partial charge in [-0.3, -0.25) is 14.5 Å². The summed E-state index contributed by atoms with van der Waals surface area (Å²) in [7, 11) is 1.62. The maximum absolute atomic E-state index is 13.1. The lowest BCUT2D eigenvalue weighted by Gasteiger charge is -2.12. The molecule has 10 heteroatoms. The van der Waals surface area contributed by atoms with Gasteiger partial charge in [-0.05, 0) is 48.5 Å². The summed E-state index contributed by atoms with van der Waals surface area (Å²) in [6, 6.07) is 26.5. The number of hydrogen-bond acceptors (Lipinski definition) is 7. The van der Waals surface area contributed by atoms with E-state index in [4.69, 9.17) is 9.84 Å². The lowest BCUT2D eigenvalue weighted by Crippen LogP contribution is -2.33. The van der Waals surface area contributed by atoms with Gasteiger partial charge < -0.3 is 10.1 Å². The maximum atomic E-state index is 13.1. The van der Waals surface area contributed by atoms with Crippen molar-refractivity contribution in [1.82, 2.24) is 14.7 Å². The number of rotatable bonds is 10. The van der Waals surface area contributed by atoms with E-state index in [0.29, 0.717) is 16.5 Å². The van der Waals surface area contributed by atoms with Crippen LogP contribution in [-0.2, 0) is 9.59 Å². The molecule has 2 heterocycles. The molecule has 3 aromatic carbocycles. The molecule has 1 fully saturated rings. The van der Waals surface area contributed by atoms with Crippen molar-refractivity contribution in [2.75, 3.05) is 19.0 Å². The molecule has 0 radical (unpaired) electrons. The number of ether oxygens (including phenoxy) is 1. The first kappa shape index (κ1) is 27.6. The highest BCUT2D eigenvalue weighted by Gasteiger charge is 2.38. The van der Waals surface area contributed by atoms with E-state index in [1.807, 2.05) is 79.0 Å². The zero-order chi connectivity index (χ0) is 28.6. The van der Waals surface area contributed by atoms with E-state index in [2.05, 4.69) is 22.1 Å². The van der Waals surface area contributed by atoms with E-state index >= 15 is 0 Å². The van der Waals surface area contributed by atoms with Crippen LogP contribution in [0, 0.1) is 0 Å². The summed E-state index contributed by atoms with van der Waals surface area (Å²) in [5.41, 5.74) is 3.93. The van der Waals surface area contributed by atoms with E-state index in [1.54, 1.807) is 36.2 Å². The summed E-state index contributed by atoms with van der Waals surface area (Å²) >= 11 is 1.22. The first-order valence-corrected chi connectivity index (χ1v) is 13.8. The Kier molecular flexibility index (Phi) is 8.70. The highest BCUT2D eigenvalue weighted by atomic mass is 32.2. The van der Waals surface area contributed by atoms with Crippen LogP contribution >= 0.6 is 11.8 Å². The Balaban J connectivity index is 1.38. The number of carbonyl (C=O) groups excluding carboxylic acids is 2. The Labute approximate surface area is 242 Å². The van der Waals surface area contributed by atoms with Gasteiger partial charge in [0, 0.05) is 36.0 Å². The molecular weight excluding hydrogens is 536 g/mol. The summed E-state index contributed by atoms with van der Waals surface area (Å²) in [4.78, 5) is 27.2. The first-order valence-electron chi connectivity index (χ1n) is 12.9. The topological polar surface area (TPSA) is 101 Å². The van der Waals surface area contributed by atoms with Crippen LogP contribution < -0.4 is 10.1 Å². The minimum Gasteiger partial charge on any atom is -0.497 e. The Morgan fingerprint density at radius 2 is 1.78 bits per heavy atom. The molecule has 0 bridgehead atoms. The highest BCUT2D eigenvalue weighted by molar-refractivity contribution is 8.15. The predicted molar refractivity (Wildman–Crippen MR) is 164 cm³/mol. The molecule has 206 valence electrons. The number of nitrogens with one attached hydrogen (secondary N) is 1. The Morgan fingerprint density at radius 3 is 2.46 bits per heavy atom. The molecule has 2 amide bonds. The maximum Gasteiger partial charge on any atom is 0.243 e. The monoisotopic (exact) mass is 564 g/mol. The van der Waals surface area contributed by atoms with Crippen molar-refractivity contribution in [3.63, 3.8) is 0 Å². The third-order valence-corrected chi connectivity index (χ3v) is 7.39. The van der Waals surface area contributed by atoms with Crippen LogP contribution in [0.2, 0.25) is 0 Å². The standard InChI is InChI=1S/C31H28N6O3S/c1-3-18-36-30(39)27(19-28(38)33-24-10-6-4-7-11-24)41-31(36)34-32-20-23-21-37(25-12-8-5-9-13-25)35-29(23)22-14-16-26(40-2)17-15-22/h3-17,20-21,27H,1,18-19H2,2H3,(H,33,38)/b32-20+,34-31-. The number of nitrogens with zero attached hydrogens (tertiary/aromatic N) is 5. The average Bonchev–Trinajstić information content (AvgIpc) is 3.55. The molecule has 1 aliphatic heterocycles. The van der Waals surface area contributed by atoms with Gasteiger partial charge in [0.15, 0.2) is 5.17 Å².